The molecular weight excluding hydrogens is 281 g/mol. The summed E-state index contributed by atoms with van der Waals surface area (Å²) in [5, 5.41) is 0.732. The molecule has 102 valence electrons. The first-order valence-electron chi connectivity index (χ1n) is 5.79. The van der Waals surface area contributed by atoms with Crippen molar-refractivity contribution in [2.75, 3.05) is 7.11 Å². The zero-order valence-electron chi connectivity index (χ0n) is 10.9. The van der Waals surface area contributed by atoms with Crippen molar-refractivity contribution in [1.29, 1.82) is 0 Å². The van der Waals surface area contributed by atoms with E-state index in [0.29, 0.717) is 6.54 Å². The minimum atomic E-state index is 0. The summed E-state index contributed by atoms with van der Waals surface area (Å²) in [7, 11) is 1.67. The van der Waals surface area contributed by atoms with Crippen LogP contribution < -0.4 is 10.5 Å². The van der Waals surface area contributed by atoms with Gasteiger partial charge in [0.25, 0.3) is 0 Å². The van der Waals surface area contributed by atoms with E-state index in [9.17, 15) is 0 Å². The number of aryl methyl sites for hydroxylation is 1. The number of nitrogens with two attached hydrogens (primary N) is 1. The van der Waals surface area contributed by atoms with Gasteiger partial charge in [0.05, 0.1) is 7.11 Å². The van der Waals surface area contributed by atoms with Crippen molar-refractivity contribution in [3.8, 4) is 16.9 Å². The molecule has 0 bridgehead atoms. The van der Waals surface area contributed by atoms with Crippen LogP contribution >= 0.6 is 24.0 Å². The SMILES string of the molecule is COc1c(C)cc(-c2cccc(Cl)c2)cc1CN.Cl. The number of hydrogen-bond acceptors (Lipinski definition) is 2. The first-order chi connectivity index (χ1) is 8.65. The number of ether oxygens (including phenoxy) is 1. The van der Waals surface area contributed by atoms with E-state index in [1.54, 1.807) is 7.11 Å². The summed E-state index contributed by atoms with van der Waals surface area (Å²) >= 11 is 6.02. The molecule has 2 aromatic rings. The fourth-order valence-corrected chi connectivity index (χ4v) is 2.32. The summed E-state index contributed by atoms with van der Waals surface area (Å²) < 4.78 is 5.38. The van der Waals surface area contributed by atoms with Crippen LogP contribution in [0.1, 0.15) is 11.1 Å². The first-order valence-corrected chi connectivity index (χ1v) is 6.17. The van der Waals surface area contributed by atoms with E-state index in [-0.39, 0.29) is 12.4 Å². The third kappa shape index (κ3) is 3.41. The Kier molecular flexibility index (Phi) is 5.67. The lowest BCUT2D eigenvalue weighted by atomic mass is 9.99. The molecule has 0 amide bonds. The third-order valence-electron chi connectivity index (χ3n) is 2.93. The molecule has 2 aromatic carbocycles. The van der Waals surface area contributed by atoms with E-state index in [4.69, 9.17) is 22.1 Å². The van der Waals surface area contributed by atoms with E-state index in [2.05, 4.69) is 12.1 Å². The molecule has 0 spiro atoms. The maximum absolute atomic E-state index is 6.02. The summed E-state index contributed by atoms with van der Waals surface area (Å²) in [5.41, 5.74) is 10.0. The van der Waals surface area contributed by atoms with Crippen LogP contribution in [0, 0.1) is 6.92 Å². The standard InChI is InChI=1S/C15H16ClNO.ClH/c1-10-6-12(7-13(9-17)15(10)18-2)11-4-3-5-14(16)8-11;/h3-8H,9,17H2,1-2H3;1H. The van der Waals surface area contributed by atoms with Crippen molar-refractivity contribution in [3.63, 3.8) is 0 Å². The van der Waals surface area contributed by atoms with Crippen LogP contribution in [0.4, 0.5) is 0 Å². The molecule has 0 aliphatic heterocycles. The molecule has 0 aliphatic rings. The maximum atomic E-state index is 6.02. The van der Waals surface area contributed by atoms with Gasteiger partial charge in [-0.15, -0.1) is 12.4 Å². The second-order valence-electron chi connectivity index (χ2n) is 4.20. The molecule has 0 atom stereocenters. The molecular formula is C15H17Cl2NO. The highest BCUT2D eigenvalue weighted by Gasteiger charge is 2.09. The molecule has 0 fully saturated rings. The highest BCUT2D eigenvalue weighted by atomic mass is 35.5. The van der Waals surface area contributed by atoms with E-state index in [0.717, 1.165) is 33.0 Å². The maximum Gasteiger partial charge on any atom is 0.126 e. The van der Waals surface area contributed by atoms with Gasteiger partial charge in [0, 0.05) is 17.1 Å². The number of rotatable bonds is 3. The first kappa shape index (κ1) is 15.8. The Hall–Kier alpha value is -1.22. The molecule has 0 aromatic heterocycles. The number of halogens is 2. The fourth-order valence-electron chi connectivity index (χ4n) is 2.13. The van der Waals surface area contributed by atoms with Gasteiger partial charge < -0.3 is 10.5 Å². The van der Waals surface area contributed by atoms with Crippen LogP contribution in [-0.4, -0.2) is 7.11 Å². The van der Waals surface area contributed by atoms with Crippen molar-refractivity contribution < 1.29 is 4.74 Å². The molecule has 0 heterocycles. The average Bonchev–Trinajstić information content (AvgIpc) is 2.37. The second kappa shape index (κ2) is 6.80. The molecule has 0 unspecified atom stereocenters. The van der Waals surface area contributed by atoms with Gasteiger partial charge in [-0.3, -0.25) is 0 Å². The van der Waals surface area contributed by atoms with Crippen LogP contribution in [0.3, 0.4) is 0 Å². The second-order valence-corrected chi connectivity index (χ2v) is 4.64. The topological polar surface area (TPSA) is 35.2 Å². The lowest BCUT2D eigenvalue weighted by Crippen LogP contribution is -2.02. The predicted molar refractivity (Wildman–Crippen MR) is 83.3 cm³/mol. The van der Waals surface area contributed by atoms with Crippen molar-refractivity contribution >= 4 is 24.0 Å². The Bertz CT molecular complexity index is 570. The smallest absolute Gasteiger partial charge is 0.126 e. The zero-order valence-corrected chi connectivity index (χ0v) is 12.5. The monoisotopic (exact) mass is 297 g/mol. The number of methoxy groups -OCH3 is 1. The highest BCUT2D eigenvalue weighted by molar-refractivity contribution is 6.30. The largest absolute Gasteiger partial charge is 0.496 e. The van der Waals surface area contributed by atoms with Crippen LogP contribution in [0.25, 0.3) is 11.1 Å². The molecule has 19 heavy (non-hydrogen) atoms. The van der Waals surface area contributed by atoms with Gasteiger partial charge in [0.2, 0.25) is 0 Å². The van der Waals surface area contributed by atoms with Crippen LogP contribution in [0.5, 0.6) is 5.75 Å². The van der Waals surface area contributed by atoms with Gasteiger partial charge in [0.1, 0.15) is 5.75 Å². The van der Waals surface area contributed by atoms with Gasteiger partial charge in [-0.25, -0.2) is 0 Å². The highest BCUT2D eigenvalue weighted by Crippen LogP contribution is 2.31. The minimum absolute atomic E-state index is 0. The lowest BCUT2D eigenvalue weighted by Gasteiger charge is -2.13. The molecule has 0 radical (unpaired) electrons. The van der Waals surface area contributed by atoms with Crippen molar-refractivity contribution in [2.45, 2.75) is 13.5 Å². The van der Waals surface area contributed by atoms with Crippen molar-refractivity contribution in [1.82, 2.24) is 0 Å². The Balaban J connectivity index is 0.00000180. The Morgan fingerprint density at radius 1 is 1.16 bits per heavy atom. The third-order valence-corrected chi connectivity index (χ3v) is 3.17. The molecule has 2 nitrogen and oxygen atoms in total. The van der Waals surface area contributed by atoms with Gasteiger partial charge in [-0.1, -0.05) is 23.7 Å². The van der Waals surface area contributed by atoms with Crippen molar-refractivity contribution in [3.05, 3.63) is 52.5 Å². The molecule has 0 aliphatic carbocycles. The molecule has 2 N–H and O–H groups in total. The summed E-state index contributed by atoms with van der Waals surface area (Å²) in [6.45, 7) is 2.48. The number of benzene rings is 2. The summed E-state index contributed by atoms with van der Waals surface area (Å²) in [6, 6.07) is 11.9. The van der Waals surface area contributed by atoms with Crippen LogP contribution in [0.2, 0.25) is 5.02 Å². The normalized spacial score (nSPS) is 9.89. The minimum Gasteiger partial charge on any atom is -0.496 e. The van der Waals surface area contributed by atoms with Gasteiger partial charge >= 0.3 is 0 Å². The van der Waals surface area contributed by atoms with Gasteiger partial charge in [0.15, 0.2) is 0 Å². The Labute approximate surface area is 124 Å². The van der Waals surface area contributed by atoms with Crippen LogP contribution in [0.15, 0.2) is 36.4 Å². The van der Waals surface area contributed by atoms with E-state index in [1.165, 1.54) is 0 Å². The Morgan fingerprint density at radius 2 is 1.89 bits per heavy atom. The summed E-state index contributed by atoms with van der Waals surface area (Å²) in [4.78, 5) is 0. The van der Waals surface area contributed by atoms with E-state index in [1.807, 2.05) is 31.2 Å². The summed E-state index contributed by atoms with van der Waals surface area (Å²) in [5.74, 6) is 0.864. The fraction of sp³-hybridized carbons (Fsp3) is 0.200. The molecule has 2 rings (SSSR count). The molecule has 4 heteroatoms. The van der Waals surface area contributed by atoms with Crippen LogP contribution in [-0.2, 0) is 6.54 Å². The zero-order chi connectivity index (χ0) is 13.1. The molecule has 0 saturated heterocycles. The van der Waals surface area contributed by atoms with E-state index >= 15 is 0 Å². The molecule has 0 saturated carbocycles. The van der Waals surface area contributed by atoms with Gasteiger partial charge in [-0.2, -0.15) is 0 Å². The predicted octanol–water partition coefficient (Wildman–Crippen LogP) is 4.20. The average molecular weight is 298 g/mol. The summed E-state index contributed by atoms with van der Waals surface area (Å²) in [6.07, 6.45) is 0. The quantitative estimate of drug-likeness (QED) is 0.921. The lowest BCUT2D eigenvalue weighted by molar-refractivity contribution is 0.407. The Morgan fingerprint density at radius 3 is 2.47 bits per heavy atom. The van der Waals surface area contributed by atoms with E-state index < -0.39 is 0 Å². The van der Waals surface area contributed by atoms with Gasteiger partial charge in [-0.05, 0) is 47.9 Å². The van der Waals surface area contributed by atoms with Crippen molar-refractivity contribution in [2.24, 2.45) is 5.73 Å². The number of hydrogen-bond donors (Lipinski definition) is 1.